The lowest BCUT2D eigenvalue weighted by molar-refractivity contribution is -0.161. The van der Waals surface area contributed by atoms with Crippen LogP contribution in [0.3, 0.4) is 0 Å². The summed E-state index contributed by atoms with van der Waals surface area (Å²) in [6.07, 6.45) is 62.2. The van der Waals surface area contributed by atoms with Crippen molar-refractivity contribution >= 4 is 39.5 Å². The molecule has 0 aromatic rings. The van der Waals surface area contributed by atoms with E-state index in [0.717, 1.165) is 102 Å². The monoisotopic (exact) mass is 1470 g/mol. The van der Waals surface area contributed by atoms with Gasteiger partial charge in [0.05, 0.1) is 26.4 Å². The zero-order valence-corrected chi connectivity index (χ0v) is 67.3. The van der Waals surface area contributed by atoms with E-state index in [0.29, 0.717) is 25.7 Å². The highest BCUT2D eigenvalue weighted by molar-refractivity contribution is 7.47. The highest BCUT2D eigenvalue weighted by atomic mass is 31.2. The maximum Gasteiger partial charge on any atom is 0.472 e. The number of ether oxygens (including phenoxy) is 4. The second-order valence-electron chi connectivity index (χ2n) is 29.6. The summed E-state index contributed by atoms with van der Waals surface area (Å²) in [6.45, 7) is 9.70. The Kier molecular flexibility index (Phi) is 71.2. The van der Waals surface area contributed by atoms with Crippen LogP contribution in [0.15, 0.2) is 0 Å². The summed E-state index contributed by atoms with van der Waals surface area (Å²) in [6, 6.07) is 0. The Morgan fingerprint density at radius 2 is 0.480 bits per heavy atom. The zero-order chi connectivity index (χ0) is 73.5. The van der Waals surface area contributed by atoms with Gasteiger partial charge in [-0.3, -0.25) is 37.3 Å². The van der Waals surface area contributed by atoms with Crippen molar-refractivity contribution in [2.75, 3.05) is 39.6 Å². The lowest BCUT2D eigenvalue weighted by atomic mass is 9.99. The topological polar surface area (TPSA) is 237 Å². The van der Waals surface area contributed by atoms with Gasteiger partial charge in [-0.15, -0.1) is 0 Å². The van der Waals surface area contributed by atoms with Gasteiger partial charge in [0.1, 0.15) is 19.3 Å². The maximum absolute atomic E-state index is 13.1. The molecule has 0 amide bonds. The Hall–Kier alpha value is -1.94. The minimum absolute atomic E-state index is 0.107. The van der Waals surface area contributed by atoms with Crippen LogP contribution in [0, 0.1) is 11.8 Å². The van der Waals surface area contributed by atoms with Crippen LogP contribution in [-0.4, -0.2) is 96.7 Å². The van der Waals surface area contributed by atoms with Gasteiger partial charge in [-0.1, -0.05) is 375 Å². The second kappa shape index (κ2) is 72.6. The third-order valence-corrected chi connectivity index (χ3v) is 21.6. The van der Waals surface area contributed by atoms with Crippen molar-refractivity contribution in [3.63, 3.8) is 0 Å². The number of esters is 4. The van der Waals surface area contributed by atoms with Crippen molar-refractivity contribution in [2.24, 2.45) is 11.8 Å². The normalized spacial score (nSPS) is 14.4. The summed E-state index contributed by atoms with van der Waals surface area (Å²) < 4.78 is 68.8. The smallest absolute Gasteiger partial charge is 0.462 e. The van der Waals surface area contributed by atoms with E-state index in [-0.39, 0.29) is 25.7 Å². The van der Waals surface area contributed by atoms with Gasteiger partial charge >= 0.3 is 39.5 Å². The van der Waals surface area contributed by atoms with Crippen LogP contribution >= 0.6 is 15.6 Å². The van der Waals surface area contributed by atoms with E-state index in [2.05, 4.69) is 41.5 Å². The minimum Gasteiger partial charge on any atom is -0.462 e. The number of aliphatic hydroxyl groups excluding tert-OH is 1. The van der Waals surface area contributed by atoms with Crippen molar-refractivity contribution in [2.45, 2.75) is 445 Å². The Balaban J connectivity index is 5.26. The molecule has 7 atom stereocenters. The largest absolute Gasteiger partial charge is 0.472 e. The van der Waals surface area contributed by atoms with Gasteiger partial charge in [-0.2, -0.15) is 0 Å². The van der Waals surface area contributed by atoms with E-state index in [4.69, 9.17) is 37.0 Å². The lowest BCUT2D eigenvalue weighted by Gasteiger charge is -2.21. The lowest BCUT2D eigenvalue weighted by Crippen LogP contribution is -2.30. The van der Waals surface area contributed by atoms with Gasteiger partial charge in [0.25, 0.3) is 0 Å². The summed E-state index contributed by atoms with van der Waals surface area (Å²) >= 11 is 0. The van der Waals surface area contributed by atoms with Crippen molar-refractivity contribution < 1.29 is 80.2 Å². The van der Waals surface area contributed by atoms with E-state index in [1.165, 1.54) is 244 Å². The molecule has 0 aromatic heterocycles. The van der Waals surface area contributed by atoms with Crippen molar-refractivity contribution in [1.29, 1.82) is 0 Å². The Morgan fingerprint density at radius 1 is 0.280 bits per heavy atom. The number of carbonyl (C=O) groups excluding carboxylic acids is 4. The molecule has 0 aliphatic rings. The Labute approximate surface area is 613 Å². The number of unbranched alkanes of at least 4 members (excludes halogenated alkanes) is 48. The van der Waals surface area contributed by atoms with Crippen molar-refractivity contribution in [3.8, 4) is 0 Å². The molecule has 0 rings (SSSR count). The third kappa shape index (κ3) is 71.7. The molecule has 0 bridgehead atoms. The highest BCUT2D eigenvalue weighted by Crippen LogP contribution is 2.45. The van der Waals surface area contributed by atoms with Crippen LogP contribution < -0.4 is 0 Å². The molecule has 0 radical (unpaired) electrons. The van der Waals surface area contributed by atoms with E-state index >= 15 is 0 Å². The number of phosphoric ester groups is 2. The van der Waals surface area contributed by atoms with Crippen LogP contribution in [0.1, 0.15) is 427 Å². The van der Waals surface area contributed by atoms with Crippen molar-refractivity contribution in [1.82, 2.24) is 0 Å². The van der Waals surface area contributed by atoms with Gasteiger partial charge in [-0.25, -0.2) is 9.13 Å². The first kappa shape index (κ1) is 98.1. The Morgan fingerprint density at radius 3 is 0.710 bits per heavy atom. The molecule has 100 heavy (non-hydrogen) atoms. The average Bonchev–Trinajstić information content (AvgIpc) is 0.925. The molecule has 3 N–H and O–H groups in total. The Bertz CT molecular complexity index is 1930. The first-order valence-electron chi connectivity index (χ1n) is 42.1. The first-order chi connectivity index (χ1) is 48.4. The quantitative estimate of drug-likeness (QED) is 0.0222. The average molecular weight is 1470 g/mol. The van der Waals surface area contributed by atoms with Crippen LogP contribution in [0.25, 0.3) is 0 Å². The molecule has 0 fully saturated rings. The van der Waals surface area contributed by atoms with Crippen LogP contribution in [0.4, 0.5) is 0 Å². The van der Waals surface area contributed by atoms with Crippen molar-refractivity contribution in [3.05, 3.63) is 0 Å². The van der Waals surface area contributed by atoms with Crippen LogP contribution in [-0.2, 0) is 65.4 Å². The fourth-order valence-electron chi connectivity index (χ4n) is 12.5. The molecule has 0 spiro atoms. The zero-order valence-electron chi connectivity index (χ0n) is 65.5. The standard InChI is InChI=1S/C81H158O17P2/c1-7-11-13-15-17-19-21-23-24-25-26-31-34-38-45-51-57-63-78(83)91-69-76(97-81(86)66-60-54-48-40-36-32-28-27-30-33-37-43-49-55-61-73(5)9-3)71-95-99(87,88)93-67-75(82)68-94-100(89,90)96-72-77(70-92-79(84)64-58-52-46-42-41-44-50-56-62-74(6)10-4)98-80(85)65-59-53-47-39-35-29-22-20-18-16-14-12-8-2/h73-77,82H,7-72H2,1-6H3,(H,87,88)(H,89,90)/t73?,74?,75-,76-,77-/m1/s1. The maximum atomic E-state index is 13.1. The molecule has 4 unspecified atom stereocenters. The summed E-state index contributed by atoms with van der Waals surface area (Å²) in [5.41, 5.74) is 0. The fraction of sp³-hybridized carbons (Fsp3) is 0.951. The number of phosphoric acid groups is 2. The summed E-state index contributed by atoms with van der Waals surface area (Å²) in [5, 5.41) is 10.6. The number of hydrogen-bond donors (Lipinski definition) is 3. The first-order valence-corrected chi connectivity index (χ1v) is 45.1. The van der Waals surface area contributed by atoms with Gasteiger partial charge in [-0.05, 0) is 37.5 Å². The van der Waals surface area contributed by atoms with Crippen LogP contribution in [0.5, 0.6) is 0 Å². The SMILES string of the molecule is CCCCCCCCCCCCCCCCCCCC(=O)OC[C@H](COP(=O)(O)OC[C@@H](O)COP(=O)(O)OC[C@@H](COC(=O)CCCCCCCCCCC(C)CC)OC(=O)CCCCCCCCCCCCCCC)OC(=O)CCCCCCCCCCCCCCCCC(C)CC. The molecular weight excluding hydrogens is 1310 g/mol. The molecule has 0 saturated carbocycles. The molecule has 17 nitrogen and oxygen atoms in total. The number of carbonyl (C=O) groups is 4. The van der Waals surface area contributed by atoms with Gasteiger partial charge < -0.3 is 33.8 Å². The molecule has 0 aliphatic heterocycles. The fourth-order valence-corrected chi connectivity index (χ4v) is 14.1. The summed E-state index contributed by atoms with van der Waals surface area (Å²) in [4.78, 5) is 73.1. The molecule has 19 heteroatoms. The molecule has 0 aromatic carbocycles. The predicted octanol–water partition coefficient (Wildman–Crippen LogP) is 24.3. The molecule has 0 aliphatic carbocycles. The molecule has 0 heterocycles. The minimum atomic E-state index is -4.96. The van der Waals surface area contributed by atoms with E-state index in [1.807, 2.05) is 0 Å². The van der Waals surface area contributed by atoms with Gasteiger partial charge in [0.15, 0.2) is 12.2 Å². The van der Waals surface area contributed by atoms with Crippen LogP contribution in [0.2, 0.25) is 0 Å². The summed E-state index contributed by atoms with van der Waals surface area (Å²) in [7, 11) is -9.92. The number of hydrogen-bond acceptors (Lipinski definition) is 15. The van der Waals surface area contributed by atoms with E-state index < -0.39 is 97.5 Å². The number of rotatable bonds is 80. The molecular formula is C81H158O17P2. The van der Waals surface area contributed by atoms with E-state index in [1.54, 1.807) is 0 Å². The van der Waals surface area contributed by atoms with E-state index in [9.17, 15) is 43.2 Å². The van der Waals surface area contributed by atoms with Gasteiger partial charge in [0.2, 0.25) is 0 Å². The second-order valence-corrected chi connectivity index (χ2v) is 32.6. The molecule has 0 saturated heterocycles. The van der Waals surface area contributed by atoms with Gasteiger partial charge in [0, 0.05) is 25.7 Å². The third-order valence-electron chi connectivity index (χ3n) is 19.7. The molecule has 594 valence electrons. The summed E-state index contributed by atoms with van der Waals surface area (Å²) in [5.74, 6) is -0.483. The highest BCUT2D eigenvalue weighted by Gasteiger charge is 2.30. The number of aliphatic hydroxyl groups is 1. The predicted molar refractivity (Wildman–Crippen MR) is 409 cm³/mol.